The number of ether oxygens (including phenoxy) is 2. The second-order valence-corrected chi connectivity index (χ2v) is 7.17. The maximum atomic E-state index is 12.9. The van der Waals surface area contributed by atoms with E-state index in [9.17, 15) is 10.1 Å². The van der Waals surface area contributed by atoms with Gasteiger partial charge in [-0.25, -0.2) is 0 Å². The molecule has 0 aromatic heterocycles. The van der Waals surface area contributed by atoms with E-state index in [4.69, 9.17) is 9.47 Å². The largest absolute Gasteiger partial charge is 0.497 e. The summed E-state index contributed by atoms with van der Waals surface area (Å²) < 4.78 is 11.3. The first kappa shape index (κ1) is 19.5. The number of methoxy groups -OCH3 is 1. The average Bonchev–Trinajstić information content (AvgIpc) is 3.15. The highest BCUT2D eigenvalue weighted by Crippen LogP contribution is 2.45. The van der Waals surface area contributed by atoms with Crippen LogP contribution >= 0.6 is 0 Å². The van der Waals surface area contributed by atoms with Gasteiger partial charge in [0, 0.05) is 17.7 Å². The first-order valence-electron chi connectivity index (χ1n) is 9.82. The van der Waals surface area contributed by atoms with Gasteiger partial charge in [0.2, 0.25) is 5.91 Å². The number of rotatable bonds is 6. The molecule has 3 aromatic rings. The number of carbonyl (C=O) groups is 1. The molecule has 1 fully saturated rings. The number of benzene rings is 3. The predicted octanol–water partition coefficient (Wildman–Crippen LogP) is 4.82. The topological polar surface area (TPSA) is 62.6 Å². The molecule has 0 N–H and O–H groups in total. The van der Waals surface area contributed by atoms with Gasteiger partial charge in [0.25, 0.3) is 0 Å². The molecule has 0 spiro atoms. The number of amides is 1. The summed E-state index contributed by atoms with van der Waals surface area (Å²) in [4.78, 5) is 14.5. The summed E-state index contributed by atoms with van der Waals surface area (Å²) in [5.41, 5.74) is 1.27. The van der Waals surface area contributed by atoms with Crippen LogP contribution < -0.4 is 14.4 Å². The number of carbonyl (C=O) groups excluding carboxylic acids is 1. The van der Waals surface area contributed by atoms with Crippen molar-refractivity contribution in [1.29, 1.82) is 5.26 Å². The van der Waals surface area contributed by atoms with E-state index >= 15 is 0 Å². The summed E-state index contributed by atoms with van der Waals surface area (Å²) in [6.45, 7) is 0.385. The number of nitrogens with zero attached hydrogens (tertiary/aromatic N) is 2. The molecule has 1 amide bonds. The van der Waals surface area contributed by atoms with Crippen LogP contribution in [0.15, 0.2) is 78.9 Å². The third-order valence-electron chi connectivity index (χ3n) is 5.42. The van der Waals surface area contributed by atoms with Gasteiger partial charge in [0.15, 0.2) is 5.54 Å². The summed E-state index contributed by atoms with van der Waals surface area (Å²) in [6.07, 6.45) is 0.701. The first-order valence-corrected chi connectivity index (χ1v) is 9.82. The summed E-state index contributed by atoms with van der Waals surface area (Å²) in [5, 5.41) is 10.3. The molecule has 5 nitrogen and oxygen atoms in total. The number of hydrogen-bond donors (Lipinski definition) is 0. The lowest BCUT2D eigenvalue weighted by Crippen LogP contribution is -2.42. The van der Waals surface area contributed by atoms with Gasteiger partial charge in [-0.05, 0) is 42.3 Å². The molecule has 0 radical (unpaired) electrons. The van der Waals surface area contributed by atoms with Crippen LogP contribution in [-0.2, 0) is 16.9 Å². The molecule has 0 bridgehead atoms. The zero-order chi connectivity index (χ0) is 21.0. The van der Waals surface area contributed by atoms with Crippen molar-refractivity contribution in [2.75, 3.05) is 12.0 Å². The van der Waals surface area contributed by atoms with Crippen molar-refractivity contribution in [2.45, 2.75) is 25.0 Å². The molecule has 3 aromatic carbocycles. The highest BCUT2D eigenvalue weighted by molar-refractivity contribution is 5.98. The van der Waals surface area contributed by atoms with Gasteiger partial charge in [-0.2, -0.15) is 5.26 Å². The molecule has 1 unspecified atom stereocenters. The minimum Gasteiger partial charge on any atom is -0.497 e. The van der Waals surface area contributed by atoms with E-state index in [0.29, 0.717) is 42.2 Å². The highest BCUT2D eigenvalue weighted by atomic mass is 16.5. The standard InChI is InChI=1S/C25H22N2O3/c1-29-21-13-11-20(12-14-21)27-24(28)15-16-25(27,18-26)22-9-5-6-10-23(22)30-17-19-7-3-2-4-8-19/h2-14H,15-17H2,1H3. The fourth-order valence-corrected chi connectivity index (χ4v) is 3.91. The predicted molar refractivity (Wildman–Crippen MR) is 114 cm³/mol. The molecule has 30 heavy (non-hydrogen) atoms. The Bertz CT molecular complexity index is 1070. The Kier molecular flexibility index (Phi) is 5.40. The molecule has 1 aliphatic rings. The summed E-state index contributed by atoms with van der Waals surface area (Å²) in [7, 11) is 1.59. The zero-order valence-electron chi connectivity index (χ0n) is 16.7. The molecular formula is C25H22N2O3. The Morgan fingerprint density at radius 1 is 1.00 bits per heavy atom. The molecule has 0 aliphatic carbocycles. The lowest BCUT2D eigenvalue weighted by molar-refractivity contribution is -0.117. The van der Waals surface area contributed by atoms with E-state index in [0.717, 1.165) is 5.56 Å². The van der Waals surface area contributed by atoms with Crippen LogP contribution in [0, 0.1) is 11.3 Å². The smallest absolute Gasteiger partial charge is 0.228 e. The van der Waals surface area contributed by atoms with E-state index in [1.807, 2.05) is 66.7 Å². The van der Waals surface area contributed by atoms with Gasteiger partial charge >= 0.3 is 0 Å². The van der Waals surface area contributed by atoms with Crippen molar-refractivity contribution in [3.8, 4) is 17.6 Å². The van der Waals surface area contributed by atoms with E-state index in [1.165, 1.54) is 0 Å². The minimum atomic E-state index is -1.13. The second kappa shape index (κ2) is 8.30. The monoisotopic (exact) mass is 398 g/mol. The Hall–Kier alpha value is -3.78. The summed E-state index contributed by atoms with van der Waals surface area (Å²) >= 11 is 0. The van der Waals surface area contributed by atoms with E-state index in [2.05, 4.69) is 6.07 Å². The Labute approximate surface area is 176 Å². The molecule has 5 heteroatoms. The third-order valence-corrected chi connectivity index (χ3v) is 5.42. The number of hydrogen-bond acceptors (Lipinski definition) is 4. The number of para-hydroxylation sites is 1. The average molecular weight is 398 g/mol. The van der Waals surface area contributed by atoms with Crippen LogP contribution in [0.2, 0.25) is 0 Å². The number of nitriles is 1. The van der Waals surface area contributed by atoms with Gasteiger partial charge in [-0.15, -0.1) is 0 Å². The van der Waals surface area contributed by atoms with Crippen LogP contribution in [-0.4, -0.2) is 13.0 Å². The quantitative estimate of drug-likeness (QED) is 0.597. The third kappa shape index (κ3) is 3.48. The van der Waals surface area contributed by atoms with Crippen molar-refractivity contribution < 1.29 is 14.3 Å². The SMILES string of the molecule is COc1ccc(N2C(=O)CCC2(C#N)c2ccccc2OCc2ccccc2)cc1. The maximum Gasteiger partial charge on any atom is 0.228 e. The van der Waals surface area contributed by atoms with Crippen LogP contribution in [0.25, 0.3) is 0 Å². The van der Waals surface area contributed by atoms with Crippen molar-refractivity contribution in [1.82, 2.24) is 0 Å². The van der Waals surface area contributed by atoms with Gasteiger partial charge in [-0.1, -0.05) is 48.5 Å². The minimum absolute atomic E-state index is 0.0837. The zero-order valence-corrected chi connectivity index (χ0v) is 16.7. The van der Waals surface area contributed by atoms with Gasteiger partial charge in [-0.3, -0.25) is 9.69 Å². The Morgan fingerprint density at radius 3 is 2.40 bits per heavy atom. The fraction of sp³-hybridized carbons (Fsp3) is 0.200. The van der Waals surface area contributed by atoms with Gasteiger partial charge < -0.3 is 9.47 Å². The van der Waals surface area contributed by atoms with Gasteiger partial charge in [0.05, 0.1) is 13.2 Å². The van der Waals surface area contributed by atoms with Crippen molar-refractivity contribution in [3.63, 3.8) is 0 Å². The lowest BCUT2D eigenvalue weighted by atomic mass is 9.87. The van der Waals surface area contributed by atoms with Crippen LogP contribution in [0.5, 0.6) is 11.5 Å². The number of anilines is 1. The maximum absolute atomic E-state index is 12.9. The Balaban J connectivity index is 1.73. The summed E-state index contributed by atoms with van der Waals surface area (Å²) in [6, 6.07) is 27.0. The molecule has 1 heterocycles. The lowest BCUT2D eigenvalue weighted by Gasteiger charge is -2.34. The van der Waals surface area contributed by atoms with E-state index in [-0.39, 0.29) is 5.91 Å². The fourth-order valence-electron chi connectivity index (χ4n) is 3.91. The molecule has 4 rings (SSSR count). The van der Waals surface area contributed by atoms with Crippen molar-refractivity contribution >= 4 is 11.6 Å². The molecular weight excluding hydrogens is 376 g/mol. The molecule has 150 valence electrons. The Morgan fingerprint density at radius 2 is 1.70 bits per heavy atom. The molecule has 1 atom stereocenters. The van der Waals surface area contributed by atoms with Crippen molar-refractivity contribution in [2.24, 2.45) is 0 Å². The highest BCUT2D eigenvalue weighted by Gasteiger charge is 2.49. The normalized spacial score (nSPS) is 18.1. The van der Waals surface area contributed by atoms with E-state index in [1.54, 1.807) is 24.1 Å². The molecule has 1 saturated heterocycles. The van der Waals surface area contributed by atoms with Crippen LogP contribution in [0.3, 0.4) is 0 Å². The van der Waals surface area contributed by atoms with E-state index < -0.39 is 5.54 Å². The molecule has 1 aliphatic heterocycles. The van der Waals surface area contributed by atoms with Crippen molar-refractivity contribution in [3.05, 3.63) is 90.0 Å². The summed E-state index contributed by atoms with van der Waals surface area (Å²) in [5.74, 6) is 1.22. The van der Waals surface area contributed by atoms with Gasteiger partial charge in [0.1, 0.15) is 18.1 Å². The molecule has 0 saturated carbocycles. The van der Waals surface area contributed by atoms with Crippen LogP contribution in [0.4, 0.5) is 5.69 Å². The second-order valence-electron chi connectivity index (χ2n) is 7.17. The van der Waals surface area contributed by atoms with Crippen LogP contribution in [0.1, 0.15) is 24.0 Å². The first-order chi connectivity index (χ1) is 14.7.